The summed E-state index contributed by atoms with van der Waals surface area (Å²) in [6.45, 7) is 0. The van der Waals surface area contributed by atoms with Crippen molar-refractivity contribution in [2.45, 2.75) is 25.7 Å². The molecule has 0 bridgehead atoms. The Morgan fingerprint density at radius 2 is 1.88 bits per heavy atom. The molecular formula is C26H19ClN2O5. The summed E-state index contributed by atoms with van der Waals surface area (Å²) in [6.07, 6.45) is 5.00. The number of ether oxygens (including phenoxy) is 1. The van der Waals surface area contributed by atoms with E-state index in [1.54, 1.807) is 12.1 Å². The average molecular weight is 475 g/mol. The average Bonchev–Trinajstić information content (AvgIpc) is 3.22. The molecule has 3 aromatic carbocycles. The van der Waals surface area contributed by atoms with Gasteiger partial charge in [0.25, 0.3) is 0 Å². The zero-order chi connectivity index (χ0) is 23.7. The third kappa shape index (κ3) is 4.18. The first-order valence-electron chi connectivity index (χ1n) is 10.8. The van der Waals surface area contributed by atoms with E-state index in [0.717, 1.165) is 37.0 Å². The minimum Gasteiger partial charge on any atom is -0.460 e. The van der Waals surface area contributed by atoms with Crippen molar-refractivity contribution in [3.8, 4) is 5.75 Å². The number of furan rings is 1. The van der Waals surface area contributed by atoms with E-state index in [9.17, 15) is 14.9 Å². The van der Waals surface area contributed by atoms with E-state index in [2.05, 4.69) is 4.99 Å². The molecule has 0 fully saturated rings. The monoisotopic (exact) mass is 474 g/mol. The fourth-order valence-corrected chi connectivity index (χ4v) is 4.40. The van der Waals surface area contributed by atoms with E-state index in [-0.39, 0.29) is 17.0 Å². The van der Waals surface area contributed by atoms with Crippen LogP contribution in [0.4, 0.5) is 11.4 Å². The molecular weight excluding hydrogens is 456 g/mol. The lowest BCUT2D eigenvalue weighted by atomic mass is 9.93. The molecule has 8 heteroatoms. The van der Waals surface area contributed by atoms with Crippen LogP contribution in [0.1, 0.15) is 40.1 Å². The molecule has 0 amide bonds. The number of carbonyl (C=O) groups excluding carboxylic acids is 1. The minimum absolute atomic E-state index is 0.170. The van der Waals surface area contributed by atoms with Gasteiger partial charge in [-0.2, -0.15) is 0 Å². The number of nitrogens with zero attached hydrogens (tertiary/aromatic N) is 2. The summed E-state index contributed by atoms with van der Waals surface area (Å²) >= 11 is 6.02. The summed E-state index contributed by atoms with van der Waals surface area (Å²) in [4.78, 5) is 28.9. The van der Waals surface area contributed by atoms with Crippen LogP contribution in [0.3, 0.4) is 0 Å². The smallest absolute Gasteiger partial charge is 0.343 e. The van der Waals surface area contributed by atoms with Crippen LogP contribution in [0, 0.1) is 10.1 Å². The molecule has 5 rings (SSSR count). The molecule has 0 saturated carbocycles. The van der Waals surface area contributed by atoms with Crippen LogP contribution in [-0.2, 0) is 12.8 Å². The largest absolute Gasteiger partial charge is 0.460 e. The molecule has 0 saturated heterocycles. The van der Waals surface area contributed by atoms with E-state index < -0.39 is 10.9 Å². The van der Waals surface area contributed by atoms with Gasteiger partial charge >= 0.3 is 11.7 Å². The Morgan fingerprint density at radius 3 is 2.65 bits per heavy atom. The van der Waals surface area contributed by atoms with Crippen molar-refractivity contribution >= 4 is 46.1 Å². The Morgan fingerprint density at radius 1 is 1.09 bits per heavy atom. The molecule has 1 aliphatic rings. The van der Waals surface area contributed by atoms with Gasteiger partial charge in [-0.1, -0.05) is 35.9 Å². The van der Waals surface area contributed by atoms with Crippen LogP contribution in [0.25, 0.3) is 11.0 Å². The van der Waals surface area contributed by atoms with Crippen LogP contribution < -0.4 is 4.74 Å². The van der Waals surface area contributed by atoms with Gasteiger partial charge in [-0.25, -0.2) is 4.79 Å². The van der Waals surface area contributed by atoms with Crippen LogP contribution in [0.2, 0.25) is 5.02 Å². The topological polar surface area (TPSA) is 94.9 Å². The molecule has 4 aromatic rings. The van der Waals surface area contributed by atoms with Crippen molar-refractivity contribution in [3.05, 3.63) is 98.3 Å². The van der Waals surface area contributed by atoms with Gasteiger partial charge in [0, 0.05) is 28.6 Å². The molecule has 0 unspecified atom stereocenters. The first-order valence-corrected chi connectivity index (χ1v) is 11.2. The van der Waals surface area contributed by atoms with Gasteiger partial charge in [-0.15, -0.1) is 0 Å². The molecule has 0 aliphatic heterocycles. The van der Waals surface area contributed by atoms with Crippen molar-refractivity contribution < 1.29 is 18.9 Å². The number of esters is 1. The predicted octanol–water partition coefficient (Wildman–Crippen LogP) is 6.84. The molecule has 1 aliphatic carbocycles. The molecule has 0 radical (unpaired) electrons. The summed E-state index contributed by atoms with van der Waals surface area (Å²) < 4.78 is 11.7. The number of hydrogen-bond donors (Lipinski definition) is 0. The third-order valence-electron chi connectivity index (χ3n) is 5.76. The molecule has 0 atom stereocenters. The molecule has 7 nitrogen and oxygen atoms in total. The molecule has 0 N–H and O–H groups in total. The minimum atomic E-state index is -0.753. The second-order valence-corrected chi connectivity index (χ2v) is 8.41. The van der Waals surface area contributed by atoms with Gasteiger partial charge in [0.15, 0.2) is 0 Å². The molecule has 0 spiro atoms. The molecule has 34 heavy (non-hydrogen) atoms. The van der Waals surface area contributed by atoms with E-state index in [4.69, 9.17) is 20.8 Å². The Bertz CT molecular complexity index is 1440. The number of nitro benzene ring substituents is 1. The van der Waals surface area contributed by atoms with Gasteiger partial charge in [0.1, 0.15) is 11.3 Å². The van der Waals surface area contributed by atoms with Crippen molar-refractivity contribution in [3.63, 3.8) is 0 Å². The van der Waals surface area contributed by atoms with Gasteiger partial charge in [-0.3, -0.25) is 15.1 Å². The number of para-hydroxylation sites is 1. The summed E-state index contributed by atoms with van der Waals surface area (Å²) in [5.74, 6) is -0.115. The highest BCUT2D eigenvalue weighted by molar-refractivity contribution is 6.30. The van der Waals surface area contributed by atoms with Crippen molar-refractivity contribution in [2.24, 2.45) is 4.99 Å². The third-order valence-corrected chi connectivity index (χ3v) is 6.00. The second kappa shape index (κ2) is 9.11. The number of benzene rings is 3. The fraction of sp³-hybridized carbons (Fsp3) is 0.154. The number of rotatable bonds is 5. The fourth-order valence-electron chi connectivity index (χ4n) is 4.21. The second-order valence-electron chi connectivity index (χ2n) is 7.97. The Hall–Kier alpha value is -3.97. The number of fused-ring (bicyclic) bond motifs is 3. The van der Waals surface area contributed by atoms with Crippen molar-refractivity contribution in [1.29, 1.82) is 0 Å². The molecule has 1 aromatic heterocycles. The quantitative estimate of drug-likeness (QED) is 0.104. The molecule has 1 heterocycles. The van der Waals surface area contributed by atoms with Gasteiger partial charge in [0.2, 0.25) is 5.75 Å². The summed E-state index contributed by atoms with van der Waals surface area (Å²) in [7, 11) is 0. The zero-order valence-electron chi connectivity index (χ0n) is 18.0. The maximum absolute atomic E-state index is 13.0. The number of hydrogen-bond acceptors (Lipinski definition) is 6. The Labute approximate surface area is 199 Å². The van der Waals surface area contributed by atoms with Gasteiger partial charge in [0.05, 0.1) is 27.8 Å². The highest BCUT2D eigenvalue weighted by atomic mass is 35.5. The van der Waals surface area contributed by atoms with Crippen molar-refractivity contribution in [2.75, 3.05) is 0 Å². The lowest BCUT2D eigenvalue weighted by Crippen LogP contribution is -2.12. The SMILES string of the molecule is O=C(Oc1c([N+](=O)[O-])cc2oc3c(c2c1C=Nc1ccccc1)CCCC3)c1cccc(Cl)c1. The number of aryl methyl sites for hydroxylation is 2. The van der Waals surface area contributed by atoms with Gasteiger partial charge in [-0.05, 0) is 49.6 Å². The summed E-state index contributed by atoms with van der Waals surface area (Å²) in [5.41, 5.74) is 2.17. The number of nitro groups is 1. The molecule has 170 valence electrons. The van der Waals surface area contributed by atoms with E-state index in [1.807, 2.05) is 30.3 Å². The highest BCUT2D eigenvalue weighted by Gasteiger charge is 2.30. The maximum atomic E-state index is 13.0. The Balaban J connectivity index is 1.72. The van der Waals surface area contributed by atoms with Crippen LogP contribution in [0.15, 0.2) is 70.1 Å². The number of aliphatic imine (C=N–C) groups is 1. The standard InChI is InChI=1S/C26H19ClN2O5/c27-17-8-6-7-16(13-17)26(30)34-25-20(15-28-18-9-2-1-3-10-18)24-19-11-4-5-12-22(19)33-23(24)14-21(25)29(31)32/h1-3,6-10,13-15H,4-5,11-12H2. The van der Waals surface area contributed by atoms with E-state index >= 15 is 0 Å². The number of carbonyl (C=O) groups is 1. The zero-order valence-corrected chi connectivity index (χ0v) is 18.7. The lowest BCUT2D eigenvalue weighted by molar-refractivity contribution is -0.385. The van der Waals surface area contributed by atoms with E-state index in [0.29, 0.717) is 27.2 Å². The number of halogens is 1. The normalized spacial score (nSPS) is 13.2. The first-order chi connectivity index (χ1) is 16.5. The van der Waals surface area contributed by atoms with Crippen molar-refractivity contribution in [1.82, 2.24) is 0 Å². The predicted molar refractivity (Wildman–Crippen MR) is 130 cm³/mol. The Kier molecular flexibility index (Phi) is 5.86. The van der Waals surface area contributed by atoms with E-state index in [1.165, 1.54) is 24.4 Å². The van der Waals surface area contributed by atoms with Crippen LogP contribution >= 0.6 is 11.6 Å². The van der Waals surface area contributed by atoms with Crippen LogP contribution in [-0.4, -0.2) is 17.1 Å². The maximum Gasteiger partial charge on any atom is 0.343 e. The lowest BCUT2D eigenvalue weighted by Gasteiger charge is -2.12. The highest BCUT2D eigenvalue weighted by Crippen LogP contribution is 2.42. The summed E-state index contributed by atoms with van der Waals surface area (Å²) in [5, 5.41) is 13.1. The van der Waals surface area contributed by atoms with Crippen LogP contribution in [0.5, 0.6) is 5.75 Å². The van der Waals surface area contributed by atoms with Gasteiger partial charge < -0.3 is 9.15 Å². The summed E-state index contributed by atoms with van der Waals surface area (Å²) in [6, 6.07) is 16.7. The first kappa shape index (κ1) is 21.9.